The largest absolute Gasteiger partial charge is 0.481 e. The highest BCUT2D eigenvalue weighted by Gasteiger charge is 2.50. The molecule has 0 bridgehead atoms. The minimum absolute atomic E-state index is 0.104. The predicted molar refractivity (Wildman–Crippen MR) is 93.0 cm³/mol. The summed E-state index contributed by atoms with van der Waals surface area (Å²) in [5.41, 5.74) is -0.385. The molecule has 0 aliphatic carbocycles. The molecule has 2 aliphatic rings. The van der Waals surface area contributed by atoms with Crippen LogP contribution in [0, 0.1) is 23.1 Å². The second-order valence-corrected chi connectivity index (χ2v) is 7.43. The Morgan fingerprint density at radius 1 is 1.23 bits per heavy atom. The normalized spacial score (nSPS) is 26.0. The second kappa shape index (κ2) is 6.70. The summed E-state index contributed by atoms with van der Waals surface area (Å²) in [6.07, 6.45) is 0.779. The van der Waals surface area contributed by atoms with E-state index in [1.165, 1.54) is 34.1 Å². The molecule has 0 aromatic heterocycles. The van der Waals surface area contributed by atoms with E-state index in [2.05, 4.69) is 0 Å². The van der Waals surface area contributed by atoms with E-state index < -0.39 is 17.3 Å². The summed E-state index contributed by atoms with van der Waals surface area (Å²) in [4.78, 5) is 40.3. The summed E-state index contributed by atoms with van der Waals surface area (Å²) in [6.45, 7) is 4.57. The molecule has 140 valence electrons. The van der Waals surface area contributed by atoms with Gasteiger partial charge in [-0.05, 0) is 43.0 Å². The molecule has 1 aromatic carbocycles. The van der Waals surface area contributed by atoms with Crippen molar-refractivity contribution in [3.05, 3.63) is 30.1 Å². The van der Waals surface area contributed by atoms with E-state index in [1.807, 2.05) is 13.8 Å². The van der Waals surface area contributed by atoms with Crippen molar-refractivity contribution in [1.29, 1.82) is 0 Å². The minimum atomic E-state index is -0.950. The molecule has 1 aromatic rings. The summed E-state index contributed by atoms with van der Waals surface area (Å²) in [5, 5.41) is 9.62. The summed E-state index contributed by atoms with van der Waals surface area (Å²) in [7, 11) is 0. The van der Waals surface area contributed by atoms with E-state index in [0.717, 1.165) is 0 Å². The Labute approximate surface area is 151 Å². The average Bonchev–Trinajstić information content (AvgIpc) is 3.20. The fraction of sp³-hybridized carbons (Fsp3) is 0.526. The predicted octanol–water partition coefficient (Wildman–Crippen LogP) is 2.14. The third kappa shape index (κ3) is 2.95. The Bertz CT molecular complexity index is 734. The van der Waals surface area contributed by atoms with E-state index in [1.54, 1.807) is 0 Å². The molecular formula is C19H23FN2O4. The van der Waals surface area contributed by atoms with Crippen LogP contribution in [0.15, 0.2) is 24.3 Å². The lowest BCUT2D eigenvalue weighted by Gasteiger charge is -2.29. The first-order valence-corrected chi connectivity index (χ1v) is 8.85. The lowest BCUT2D eigenvalue weighted by atomic mass is 9.76. The third-order valence-corrected chi connectivity index (χ3v) is 5.79. The van der Waals surface area contributed by atoms with Crippen LogP contribution in [-0.4, -0.2) is 47.4 Å². The first-order valence-electron chi connectivity index (χ1n) is 8.85. The number of anilines is 1. The van der Waals surface area contributed by atoms with Gasteiger partial charge in [0, 0.05) is 25.3 Å². The summed E-state index contributed by atoms with van der Waals surface area (Å²) >= 11 is 0. The lowest BCUT2D eigenvalue weighted by molar-refractivity contribution is -0.151. The van der Waals surface area contributed by atoms with Gasteiger partial charge in [-0.15, -0.1) is 0 Å². The Morgan fingerprint density at radius 2 is 1.88 bits per heavy atom. The Morgan fingerprint density at radius 3 is 2.42 bits per heavy atom. The molecule has 6 nitrogen and oxygen atoms in total. The molecule has 2 saturated heterocycles. The number of carboxylic acid groups (broad SMARTS) is 1. The van der Waals surface area contributed by atoms with Gasteiger partial charge in [-0.1, -0.05) is 13.8 Å². The Balaban J connectivity index is 1.72. The maximum Gasteiger partial charge on any atom is 0.311 e. The number of aliphatic carboxylic acids is 1. The number of hydrogen-bond donors (Lipinski definition) is 1. The SMILES string of the molecule is CC(C)C1(C(=O)O)CCN(C(=O)C2CCN(c3ccc(F)cc3)C2=O)C1. The molecule has 2 amide bonds. The molecule has 0 saturated carbocycles. The monoisotopic (exact) mass is 362 g/mol. The van der Waals surface area contributed by atoms with Gasteiger partial charge in [-0.25, -0.2) is 4.39 Å². The average molecular weight is 362 g/mol. The number of carbonyl (C=O) groups excluding carboxylic acids is 2. The number of benzene rings is 1. The second-order valence-electron chi connectivity index (χ2n) is 7.43. The molecule has 26 heavy (non-hydrogen) atoms. The topological polar surface area (TPSA) is 77.9 Å². The molecule has 2 aliphatic heterocycles. The standard InChI is InChI=1S/C19H23FN2O4/c1-12(2)19(18(25)26)8-10-21(11-19)16(23)15-7-9-22(17(15)24)14-5-3-13(20)4-6-14/h3-6,12,15H,7-11H2,1-2H3,(H,25,26). The number of amides is 2. The summed E-state index contributed by atoms with van der Waals surface area (Å²) < 4.78 is 13.1. The van der Waals surface area contributed by atoms with Gasteiger partial charge in [0.05, 0.1) is 5.41 Å². The van der Waals surface area contributed by atoms with Crippen LogP contribution in [0.5, 0.6) is 0 Å². The van der Waals surface area contributed by atoms with Crippen LogP contribution in [0.1, 0.15) is 26.7 Å². The minimum Gasteiger partial charge on any atom is -0.481 e. The highest BCUT2D eigenvalue weighted by molar-refractivity contribution is 6.09. The van der Waals surface area contributed by atoms with Crippen LogP contribution in [0.4, 0.5) is 10.1 Å². The summed E-state index contributed by atoms with van der Waals surface area (Å²) in [6, 6.07) is 5.60. The van der Waals surface area contributed by atoms with Gasteiger partial charge in [0.1, 0.15) is 11.7 Å². The van der Waals surface area contributed by atoms with E-state index in [4.69, 9.17) is 0 Å². The van der Waals surface area contributed by atoms with Crippen LogP contribution in [0.2, 0.25) is 0 Å². The molecule has 0 radical (unpaired) electrons. The van der Waals surface area contributed by atoms with Crippen molar-refractivity contribution < 1.29 is 23.9 Å². The molecule has 2 heterocycles. The first kappa shape index (κ1) is 18.4. The zero-order chi connectivity index (χ0) is 19.1. The lowest BCUT2D eigenvalue weighted by Crippen LogP contribution is -2.43. The van der Waals surface area contributed by atoms with Crippen LogP contribution in [-0.2, 0) is 14.4 Å². The molecule has 2 atom stereocenters. The first-order chi connectivity index (χ1) is 12.3. The van der Waals surface area contributed by atoms with Crippen LogP contribution in [0.25, 0.3) is 0 Å². The fourth-order valence-corrected chi connectivity index (χ4v) is 3.92. The van der Waals surface area contributed by atoms with Gasteiger partial charge >= 0.3 is 5.97 Å². The van der Waals surface area contributed by atoms with E-state index >= 15 is 0 Å². The van der Waals surface area contributed by atoms with Crippen molar-refractivity contribution in [2.45, 2.75) is 26.7 Å². The van der Waals surface area contributed by atoms with E-state index in [-0.39, 0.29) is 30.1 Å². The number of carboxylic acids is 1. The molecule has 2 fully saturated rings. The van der Waals surface area contributed by atoms with Crippen LogP contribution in [0.3, 0.4) is 0 Å². The van der Waals surface area contributed by atoms with Crippen molar-refractivity contribution in [3.63, 3.8) is 0 Å². The van der Waals surface area contributed by atoms with Crippen LogP contribution < -0.4 is 4.90 Å². The van der Waals surface area contributed by atoms with Gasteiger partial charge < -0.3 is 14.9 Å². The molecular weight excluding hydrogens is 339 g/mol. The highest BCUT2D eigenvalue weighted by Crippen LogP contribution is 2.39. The fourth-order valence-electron chi connectivity index (χ4n) is 3.92. The zero-order valence-electron chi connectivity index (χ0n) is 14.9. The van der Waals surface area contributed by atoms with Crippen molar-refractivity contribution in [2.24, 2.45) is 17.3 Å². The highest BCUT2D eigenvalue weighted by atomic mass is 19.1. The number of hydrogen-bond acceptors (Lipinski definition) is 3. The van der Waals surface area contributed by atoms with Crippen LogP contribution >= 0.6 is 0 Å². The maximum absolute atomic E-state index is 13.1. The van der Waals surface area contributed by atoms with Gasteiger partial charge in [-0.2, -0.15) is 0 Å². The molecule has 1 N–H and O–H groups in total. The van der Waals surface area contributed by atoms with Crippen molar-refractivity contribution in [3.8, 4) is 0 Å². The van der Waals surface area contributed by atoms with Crippen molar-refractivity contribution in [2.75, 3.05) is 24.5 Å². The number of rotatable bonds is 4. The van der Waals surface area contributed by atoms with Crippen molar-refractivity contribution in [1.82, 2.24) is 4.90 Å². The number of carbonyl (C=O) groups is 3. The van der Waals surface area contributed by atoms with E-state index in [0.29, 0.717) is 31.6 Å². The smallest absolute Gasteiger partial charge is 0.311 e. The summed E-state index contributed by atoms with van der Waals surface area (Å²) in [5.74, 6) is -2.79. The quantitative estimate of drug-likeness (QED) is 0.833. The molecule has 3 rings (SSSR count). The third-order valence-electron chi connectivity index (χ3n) is 5.79. The molecule has 2 unspecified atom stereocenters. The zero-order valence-corrected chi connectivity index (χ0v) is 14.9. The molecule has 7 heteroatoms. The Kier molecular flexibility index (Phi) is 4.73. The Hall–Kier alpha value is -2.44. The van der Waals surface area contributed by atoms with Gasteiger partial charge in [0.25, 0.3) is 0 Å². The van der Waals surface area contributed by atoms with Crippen molar-refractivity contribution >= 4 is 23.5 Å². The number of nitrogens with zero attached hydrogens (tertiary/aromatic N) is 2. The number of likely N-dealkylation sites (tertiary alicyclic amines) is 1. The van der Waals surface area contributed by atoms with Gasteiger partial charge in [-0.3, -0.25) is 14.4 Å². The number of halogens is 1. The maximum atomic E-state index is 13.1. The van der Waals surface area contributed by atoms with Gasteiger partial charge in [0.15, 0.2) is 0 Å². The van der Waals surface area contributed by atoms with E-state index in [9.17, 15) is 23.9 Å². The van der Waals surface area contributed by atoms with Gasteiger partial charge in [0.2, 0.25) is 11.8 Å². The molecule has 0 spiro atoms.